The standard InChI is InChI=1S/C16H20NO3P/c1-4-13-5-9-16(10-6-13)20-21(3,18)17-14-7-11-15(19-2)12-8-14/h5-12H,4H2,1-3H3,(H,17,18). The molecular formula is C16H20NO3P. The van der Waals surface area contributed by atoms with Crippen molar-refractivity contribution in [3.8, 4) is 11.5 Å². The summed E-state index contributed by atoms with van der Waals surface area (Å²) < 4.78 is 23.2. The Balaban J connectivity index is 2.04. The molecule has 1 N–H and O–H groups in total. The fourth-order valence-electron chi connectivity index (χ4n) is 1.91. The number of benzene rings is 2. The van der Waals surface area contributed by atoms with Crippen LogP contribution < -0.4 is 14.3 Å². The Bertz CT molecular complexity index is 569. The fraction of sp³-hybridized carbons (Fsp3) is 0.250. The number of hydrogen-bond acceptors (Lipinski definition) is 3. The molecular weight excluding hydrogens is 285 g/mol. The molecule has 0 saturated carbocycles. The first-order valence-corrected chi connectivity index (χ1v) is 8.88. The van der Waals surface area contributed by atoms with Gasteiger partial charge in [-0.05, 0) is 48.4 Å². The van der Waals surface area contributed by atoms with Crippen LogP contribution in [0.5, 0.6) is 11.5 Å². The third kappa shape index (κ3) is 4.54. The average Bonchev–Trinajstić information content (AvgIpc) is 2.48. The van der Waals surface area contributed by atoms with E-state index >= 15 is 0 Å². The highest BCUT2D eigenvalue weighted by molar-refractivity contribution is 7.60. The highest BCUT2D eigenvalue weighted by Crippen LogP contribution is 2.43. The van der Waals surface area contributed by atoms with E-state index in [1.165, 1.54) is 5.56 Å². The lowest BCUT2D eigenvalue weighted by molar-refractivity contribution is 0.415. The zero-order chi connectivity index (χ0) is 15.3. The molecule has 4 nitrogen and oxygen atoms in total. The number of hydrogen-bond donors (Lipinski definition) is 1. The molecule has 0 amide bonds. The van der Waals surface area contributed by atoms with Crippen molar-refractivity contribution in [3.05, 3.63) is 54.1 Å². The Hall–Kier alpha value is -1.93. The Labute approximate surface area is 125 Å². The van der Waals surface area contributed by atoms with Crippen molar-refractivity contribution in [2.24, 2.45) is 0 Å². The molecule has 0 aromatic heterocycles. The van der Waals surface area contributed by atoms with Gasteiger partial charge >= 0.3 is 7.52 Å². The van der Waals surface area contributed by atoms with E-state index < -0.39 is 7.52 Å². The molecule has 0 heterocycles. The first-order valence-electron chi connectivity index (χ1n) is 6.81. The highest BCUT2D eigenvalue weighted by Gasteiger charge is 2.17. The van der Waals surface area contributed by atoms with Gasteiger partial charge in [0.25, 0.3) is 0 Å². The number of anilines is 1. The molecule has 2 rings (SSSR count). The van der Waals surface area contributed by atoms with E-state index in [0.717, 1.165) is 17.9 Å². The summed E-state index contributed by atoms with van der Waals surface area (Å²) in [5.74, 6) is 1.35. The number of methoxy groups -OCH3 is 1. The molecule has 0 radical (unpaired) electrons. The molecule has 0 aliphatic heterocycles. The lowest BCUT2D eigenvalue weighted by Gasteiger charge is -2.17. The SMILES string of the molecule is CCc1ccc(OP(C)(=O)Nc2ccc(OC)cc2)cc1. The summed E-state index contributed by atoms with van der Waals surface area (Å²) in [5.41, 5.74) is 1.95. The van der Waals surface area contributed by atoms with Crippen molar-refractivity contribution in [1.29, 1.82) is 0 Å². The molecule has 0 saturated heterocycles. The highest BCUT2D eigenvalue weighted by atomic mass is 31.2. The van der Waals surface area contributed by atoms with E-state index in [1.54, 1.807) is 38.0 Å². The third-order valence-corrected chi connectivity index (χ3v) is 4.26. The molecule has 1 unspecified atom stereocenters. The van der Waals surface area contributed by atoms with Gasteiger partial charge < -0.3 is 14.3 Å². The number of nitrogens with one attached hydrogen (secondary N) is 1. The van der Waals surface area contributed by atoms with Gasteiger partial charge in [0, 0.05) is 12.4 Å². The molecule has 0 spiro atoms. The number of rotatable bonds is 6. The van der Waals surface area contributed by atoms with Gasteiger partial charge in [-0.15, -0.1) is 0 Å². The summed E-state index contributed by atoms with van der Waals surface area (Å²) in [6.07, 6.45) is 0.966. The lowest BCUT2D eigenvalue weighted by Crippen LogP contribution is -2.02. The summed E-state index contributed by atoms with van der Waals surface area (Å²) in [4.78, 5) is 0. The normalized spacial score (nSPS) is 13.3. The largest absolute Gasteiger partial charge is 0.497 e. The minimum Gasteiger partial charge on any atom is -0.497 e. The van der Waals surface area contributed by atoms with E-state index in [4.69, 9.17) is 9.26 Å². The van der Waals surface area contributed by atoms with Crippen LogP contribution in [-0.4, -0.2) is 13.8 Å². The first kappa shape index (κ1) is 15.5. The predicted molar refractivity (Wildman–Crippen MR) is 86.6 cm³/mol. The van der Waals surface area contributed by atoms with Crippen LogP contribution in [-0.2, 0) is 11.0 Å². The van der Waals surface area contributed by atoms with Crippen LogP contribution in [0.2, 0.25) is 0 Å². The quantitative estimate of drug-likeness (QED) is 0.794. The second-order valence-electron chi connectivity index (χ2n) is 4.77. The Kier molecular flexibility index (Phi) is 4.92. The second-order valence-corrected chi connectivity index (χ2v) is 6.87. The predicted octanol–water partition coefficient (Wildman–Crippen LogP) is 4.57. The fourth-order valence-corrected chi connectivity index (χ4v) is 3.10. The molecule has 1 atom stereocenters. The monoisotopic (exact) mass is 305 g/mol. The van der Waals surface area contributed by atoms with Crippen molar-refractivity contribution < 1.29 is 13.8 Å². The smallest absolute Gasteiger partial charge is 0.338 e. The van der Waals surface area contributed by atoms with E-state index in [-0.39, 0.29) is 0 Å². The molecule has 2 aromatic rings. The van der Waals surface area contributed by atoms with E-state index in [1.807, 2.05) is 24.3 Å². The Morgan fingerprint density at radius 3 is 2.10 bits per heavy atom. The zero-order valence-electron chi connectivity index (χ0n) is 12.5. The van der Waals surface area contributed by atoms with Gasteiger partial charge in [0.05, 0.1) is 7.11 Å². The van der Waals surface area contributed by atoms with Crippen LogP contribution in [0.3, 0.4) is 0 Å². The minimum atomic E-state index is -2.97. The lowest BCUT2D eigenvalue weighted by atomic mass is 10.2. The summed E-state index contributed by atoms with van der Waals surface area (Å²) in [6.45, 7) is 3.65. The van der Waals surface area contributed by atoms with Crippen LogP contribution in [0.25, 0.3) is 0 Å². The van der Waals surface area contributed by atoms with Crippen LogP contribution in [0.1, 0.15) is 12.5 Å². The number of ether oxygens (including phenoxy) is 1. The van der Waals surface area contributed by atoms with Crippen molar-refractivity contribution in [2.75, 3.05) is 18.9 Å². The summed E-state index contributed by atoms with van der Waals surface area (Å²) in [5, 5.41) is 2.92. The molecule has 112 valence electrons. The minimum absolute atomic E-state index is 0.596. The van der Waals surface area contributed by atoms with E-state index in [2.05, 4.69) is 12.0 Å². The van der Waals surface area contributed by atoms with Crippen molar-refractivity contribution in [3.63, 3.8) is 0 Å². The van der Waals surface area contributed by atoms with Gasteiger partial charge in [-0.1, -0.05) is 19.1 Å². The topological polar surface area (TPSA) is 47.6 Å². The Morgan fingerprint density at radius 1 is 1.00 bits per heavy atom. The van der Waals surface area contributed by atoms with Crippen molar-refractivity contribution in [2.45, 2.75) is 13.3 Å². The van der Waals surface area contributed by atoms with E-state index in [0.29, 0.717) is 5.75 Å². The van der Waals surface area contributed by atoms with Gasteiger partial charge in [-0.3, -0.25) is 4.57 Å². The molecule has 0 aliphatic carbocycles. The molecule has 0 aliphatic rings. The zero-order valence-corrected chi connectivity index (χ0v) is 13.4. The van der Waals surface area contributed by atoms with Crippen LogP contribution in [0.15, 0.2) is 48.5 Å². The van der Waals surface area contributed by atoms with Gasteiger partial charge in [0.15, 0.2) is 0 Å². The maximum atomic E-state index is 12.5. The van der Waals surface area contributed by atoms with Crippen LogP contribution in [0.4, 0.5) is 5.69 Å². The maximum Gasteiger partial charge on any atom is 0.338 e. The van der Waals surface area contributed by atoms with Gasteiger partial charge in [-0.25, -0.2) is 0 Å². The summed E-state index contributed by atoms with van der Waals surface area (Å²) in [7, 11) is -1.37. The van der Waals surface area contributed by atoms with Crippen molar-refractivity contribution in [1.82, 2.24) is 0 Å². The molecule has 5 heteroatoms. The first-order chi connectivity index (χ1) is 10.0. The third-order valence-electron chi connectivity index (χ3n) is 3.03. The van der Waals surface area contributed by atoms with Crippen LogP contribution in [0, 0.1) is 0 Å². The van der Waals surface area contributed by atoms with Gasteiger partial charge in [-0.2, -0.15) is 0 Å². The van der Waals surface area contributed by atoms with Gasteiger partial charge in [0.2, 0.25) is 0 Å². The van der Waals surface area contributed by atoms with Crippen molar-refractivity contribution >= 4 is 13.2 Å². The summed E-state index contributed by atoms with van der Waals surface area (Å²) >= 11 is 0. The number of aryl methyl sites for hydroxylation is 1. The average molecular weight is 305 g/mol. The molecule has 0 bridgehead atoms. The molecule has 0 fully saturated rings. The van der Waals surface area contributed by atoms with E-state index in [9.17, 15) is 4.57 Å². The van der Waals surface area contributed by atoms with Gasteiger partial charge in [0.1, 0.15) is 11.5 Å². The maximum absolute atomic E-state index is 12.5. The molecule has 2 aromatic carbocycles. The summed E-state index contributed by atoms with van der Waals surface area (Å²) in [6, 6.07) is 14.8. The second kappa shape index (κ2) is 6.68. The molecule has 21 heavy (non-hydrogen) atoms. The van der Waals surface area contributed by atoms with Crippen LogP contribution >= 0.6 is 7.52 Å². The Morgan fingerprint density at radius 2 is 1.57 bits per heavy atom.